The second kappa shape index (κ2) is 8.80. The molecule has 0 amide bonds. The summed E-state index contributed by atoms with van der Waals surface area (Å²) in [6, 6.07) is 8.19. The Morgan fingerprint density at radius 2 is 1.50 bits per heavy atom. The van der Waals surface area contributed by atoms with Crippen LogP contribution in [0.2, 0.25) is 0 Å². The van der Waals surface area contributed by atoms with Gasteiger partial charge in [0.1, 0.15) is 17.5 Å². The largest absolute Gasteiger partial charge is 0.419 e. The van der Waals surface area contributed by atoms with Crippen LogP contribution in [0, 0.1) is 23.4 Å². The predicted molar refractivity (Wildman–Crippen MR) is 114 cm³/mol. The Hall–Kier alpha value is -2.50. The minimum Gasteiger partial charge on any atom is -0.206 e. The van der Waals surface area contributed by atoms with E-state index in [1.165, 1.54) is 30.7 Å². The Bertz CT molecular complexity index is 1100. The zero-order chi connectivity index (χ0) is 23.0. The minimum atomic E-state index is -4.82. The van der Waals surface area contributed by atoms with E-state index >= 15 is 0 Å². The average molecular weight is 450 g/mol. The molecule has 1 aliphatic rings. The Labute approximate surface area is 183 Å². The van der Waals surface area contributed by atoms with Gasteiger partial charge < -0.3 is 0 Å². The van der Waals surface area contributed by atoms with E-state index in [4.69, 9.17) is 0 Å². The number of benzene rings is 3. The molecule has 4 rings (SSSR count). The summed E-state index contributed by atoms with van der Waals surface area (Å²) in [5.74, 6) is -2.03. The van der Waals surface area contributed by atoms with E-state index in [0.29, 0.717) is 17.5 Å². The van der Waals surface area contributed by atoms with Gasteiger partial charge in [0.25, 0.3) is 0 Å². The number of alkyl halides is 3. The Balaban J connectivity index is 1.65. The Morgan fingerprint density at radius 1 is 0.844 bits per heavy atom. The monoisotopic (exact) mass is 450 g/mol. The molecule has 0 bridgehead atoms. The molecule has 1 aliphatic carbocycles. The van der Waals surface area contributed by atoms with Crippen molar-refractivity contribution in [2.24, 2.45) is 5.92 Å². The van der Waals surface area contributed by atoms with Gasteiger partial charge in [-0.3, -0.25) is 0 Å². The molecule has 0 saturated heterocycles. The molecule has 0 radical (unpaired) electrons. The first-order valence-corrected chi connectivity index (χ1v) is 11.0. The molecule has 0 aliphatic heterocycles. The van der Waals surface area contributed by atoms with Crippen LogP contribution in [-0.4, -0.2) is 0 Å². The molecule has 3 aromatic carbocycles. The molecule has 3 aromatic rings. The summed E-state index contributed by atoms with van der Waals surface area (Å²) in [6.07, 6.45) is 1.42. The summed E-state index contributed by atoms with van der Waals surface area (Å²) < 4.78 is 83.1. The summed E-state index contributed by atoms with van der Waals surface area (Å²) in [7, 11) is 0. The quantitative estimate of drug-likeness (QED) is 0.348. The van der Waals surface area contributed by atoms with E-state index in [0.717, 1.165) is 44.2 Å². The number of hydrogen-bond acceptors (Lipinski definition) is 0. The van der Waals surface area contributed by atoms with Crippen LogP contribution in [0.15, 0.2) is 42.5 Å². The van der Waals surface area contributed by atoms with E-state index < -0.39 is 29.2 Å². The third-order valence-electron chi connectivity index (χ3n) is 6.63. The lowest BCUT2D eigenvalue weighted by Crippen LogP contribution is -2.13. The molecule has 0 N–H and O–H groups in total. The van der Waals surface area contributed by atoms with Gasteiger partial charge in [-0.1, -0.05) is 38.0 Å². The van der Waals surface area contributed by atoms with Crippen molar-refractivity contribution in [1.29, 1.82) is 0 Å². The Kier molecular flexibility index (Phi) is 6.24. The number of fused-ring (bicyclic) bond motifs is 1. The van der Waals surface area contributed by atoms with Gasteiger partial charge in [0.15, 0.2) is 0 Å². The third kappa shape index (κ3) is 4.37. The average Bonchev–Trinajstić information content (AvgIpc) is 2.73. The molecular weight excluding hydrogens is 426 g/mol. The van der Waals surface area contributed by atoms with Crippen LogP contribution in [0.1, 0.15) is 62.5 Å². The highest BCUT2D eigenvalue weighted by Crippen LogP contribution is 2.40. The fraction of sp³-hybridized carbons (Fsp3) is 0.385. The van der Waals surface area contributed by atoms with Crippen LogP contribution in [-0.2, 0) is 6.18 Å². The highest BCUT2D eigenvalue weighted by atomic mass is 19.4. The van der Waals surface area contributed by atoms with Crippen LogP contribution in [0.25, 0.3) is 21.9 Å². The van der Waals surface area contributed by atoms with E-state index in [9.17, 15) is 26.3 Å². The smallest absolute Gasteiger partial charge is 0.206 e. The zero-order valence-corrected chi connectivity index (χ0v) is 17.7. The molecule has 0 heterocycles. The van der Waals surface area contributed by atoms with Crippen molar-refractivity contribution in [1.82, 2.24) is 0 Å². The second-order valence-electron chi connectivity index (χ2n) is 8.73. The van der Waals surface area contributed by atoms with Crippen molar-refractivity contribution >= 4 is 10.8 Å². The minimum absolute atomic E-state index is 0.118. The molecule has 0 aromatic heterocycles. The topological polar surface area (TPSA) is 0 Å². The molecular formula is C26H24F6. The molecule has 0 nitrogen and oxygen atoms in total. The first kappa shape index (κ1) is 22.7. The molecule has 1 saturated carbocycles. The summed E-state index contributed by atoms with van der Waals surface area (Å²) in [6.45, 7) is 2.16. The van der Waals surface area contributed by atoms with Crippen molar-refractivity contribution in [2.75, 3.05) is 0 Å². The second-order valence-corrected chi connectivity index (χ2v) is 8.73. The van der Waals surface area contributed by atoms with Gasteiger partial charge in [0.2, 0.25) is 0 Å². The van der Waals surface area contributed by atoms with Crippen molar-refractivity contribution in [3.63, 3.8) is 0 Å². The van der Waals surface area contributed by atoms with Gasteiger partial charge in [-0.25, -0.2) is 13.2 Å². The van der Waals surface area contributed by atoms with Gasteiger partial charge in [0, 0.05) is 5.39 Å². The standard InChI is InChI=1S/C26H24F6/c1-2-3-15-4-6-16(7-5-15)19-13-22(27)24(23(28)14-19)18-8-10-20-17(12-18)9-11-21(25(20)29)26(30,31)32/h8-16H,2-7H2,1H3. The third-order valence-corrected chi connectivity index (χ3v) is 6.63. The van der Waals surface area contributed by atoms with Crippen molar-refractivity contribution in [3.8, 4) is 11.1 Å². The molecule has 6 heteroatoms. The van der Waals surface area contributed by atoms with Crippen LogP contribution >= 0.6 is 0 Å². The summed E-state index contributed by atoms with van der Waals surface area (Å²) in [5, 5.41) is -0.102. The summed E-state index contributed by atoms with van der Waals surface area (Å²) in [5.41, 5.74) is -0.825. The first-order valence-electron chi connectivity index (χ1n) is 11.0. The van der Waals surface area contributed by atoms with E-state index in [2.05, 4.69) is 6.92 Å². The maximum atomic E-state index is 15.0. The van der Waals surface area contributed by atoms with E-state index in [1.807, 2.05) is 0 Å². The lowest BCUT2D eigenvalue weighted by molar-refractivity contribution is -0.139. The van der Waals surface area contributed by atoms with Gasteiger partial charge >= 0.3 is 6.18 Å². The van der Waals surface area contributed by atoms with Gasteiger partial charge in [-0.15, -0.1) is 0 Å². The first-order chi connectivity index (χ1) is 15.2. The lowest BCUT2D eigenvalue weighted by atomic mass is 9.77. The molecule has 170 valence electrons. The summed E-state index contributed by atoms with van der Waals surface area (Å²) in [4.78, 5) is 0. The summed E-state index contributed by atoms with van der Waals surface area (Å²) >= 11 is 0. The zero-order valence-electron chi connectivity index (χ0n) is 17.7. The van der Waals surface area contributed by atoms with Gasteiger partial charge in [-0.2, -0.15) is 13.2 Å². The fourth-order valence-corrected chi connectivity index (χ4v) is 4.96. The van der Waals surface area contributed by atoms with Crippen LogP contribution in [0.5, 0.6) is 0 Å². The van der Waals surface area contributed by atoms with Crippen LogP contribution in [0.4, 0.5) is 26.3 Å². The predicted octanol–water partition coefficient (Wildman–Crippen LogP) is 9.02. The molecule has 0 atom stereocenters. The molecule has 1 fully saturated rings. The highest BCUT2D eigenvalue weighted by Gasteiger charge is 2.34. The van der Waals surface area contributed by atoms with Gasteiger partial charge in [-0.05, 0) is 78.3 Å². The van der Waals surface area contributed by atoms with Crippen molar-refractivity contribution in [3.05, 3.63) is 71.0 Å². The number of rotatable bonds is 4. The van der Waals surface area contributed by atoms with E-state index in [1.54, 1.807) is 0 Å². The Morgan fingerprint density at radius 3 is 2.09 bits per heavy atom. The number of halogens is 6. The molecule has 0 spiro atoms. The number of hydrogen-bond donors (Lipinski definition) is 0. The van der Waals surface area contributed by atoms with Crippen LogP contribution in [0.3, 0.4) is 0 Å². The normalized spacial score (nSPS) is 19.5. The fourth-order valence-electron chi connectivity index (χ4n) is 4.96. The SMILES string of the molecule is CCCC1CCC(c2cc(F)c(-c3ccc4c(F)c(C(F)(F)F)ccc4c3)c(F)c2)CC1. The van der Waals surface area contributed by atoms with E-state index in [-0.39, 0.29) is 27.8 Å². The van der Waals surface area contributed by atoms with Gasteiger partial charge in [0.05, 0.1) is 11.1 Å². The highest BCUT2D eigenvalue weighted by molar-refractivity contribution is 5.88. The van der Waals surface area contributed by atoms with Crippen LogP contribution < -0.4 is 0 Å². The maximum absolute atomic E-state index is 15.0. The molecule has 32 heavy (non-hydrogen) atoms. The molecule has 0 unspecified atom stereocenters. The lowest BCUT2D eigenvalue weighted by Gasteiger charge is -2.29. The maximum Gasteiger partial charge on any atom is 0.419 e. The van der Waals surface area contributed by atoms with Crippen molar-refractivity contribution in [2.45, 2.75) is 57.5 Å². The van der Waals surface area contributed by atoms with Crippen molar-refractivity contribution < 1.29 is 26.3 Å².